The molecule has 0 saturated heterocycles. The summed E-state index contributed by atoms with van der Waals surface area (Å²) in [4.78, 5) is 19.6. The van der Waals surface area contributed by atoms with Crippen molar-refractivity contribution in [2.75, 3.05) is 11.9 Å². The number of benzene rings is 1. The largest absolute Gasteiger partial charge is 0.434 e. The molecular weight excluding hydrogens is 416 g/mol. The summed E-state index contributed by atoms with van der Waals surface area (Å²) in [7, 11) is 0. The molecule has 1 fully saturated rings. The zero-order chi connectivity index (χ0) is 20.3. The first kappa shape index (κ1) is 20.7. The Bertz CT molecular complexity index is 850. The lowest BCUT2D eigenvalue weighted by atomic mass is 10.1. The molecule has 28 heavy (non-hydrogen) atoms. The van der Waals surface area contributed by atoms with Gasteiger partial charge in [0.2, 0.25) is 5.95 Å². The van der Waals surface area contributed by atoms with Crippen LogP contribution in [0.3, 0.4) is 0 Å². The number of carbonyl (C=O) groups is 1. The summed E-state index contributed by atoms with van der Waals surface area (Å²) in [5.41, 5.74) is -1.77. The maximum Gasteiger partial charge on any atom is 0.434 e. The number of aromatic nitrogens is 2. The maximum absolute atomic E-state index is 13.5. The molecule has 1 heterocycles. The van der Waals surface area contributed by atoms with E-state index in [2.05, 4.69) is 20.6 Å². The van der Waals surface area contributed by atoms with Crippen molar-refractivity contribution in [2.45, 2.75) is 31.9 Å². The number of hydrogen-bond acceptors (Lipinski definition) is 4. The van der Waals surface area contributed by atoms with Gasteiger partial charge in [0.1, 0.15) is 0 Å². The first-order valence-electron chi connectivity index (χ1n) is 8.69. The van der Waals surface area contributed by atoms with Gasteiger partial charge in [0, 0.05) is 12.7 Å². The molecule has 0 bridgehead atoms. The molecule has 150 valence electrons. The number of hydrogen-bond donors (Lipinski definition) is 2. The van der Waals surface area contributed by atoms with Crippen LogP contribution in [0.1, 0.15) is 41.7 Å². The Morgan fingerprint density at radius 2 is 1.82 bits per heavy atom. The summed E-state index contributed by atoms with van der Waals surface area (Å²) in [5.74, 6) is -0.918. The molecule has 1 aromatic carbocycles. The number of rotatable bonds is 5. The molecule has 3 rings (SSSR count). The minimum atomic E-state index is -4.83. The smallest absolute Gasteiger partial charge is 0.352 e. The number of halogens is 5. The van der Waals surface area contributed by atoms with Gasteiger partial charge in [-0.25, -0.2) is 9.97 Å². The van der Waals surface area contributed by atoms with E-state index in [0.29, 0.717) is 12.5 Å². The predicted octanol–water partition coefficient (Wildman–Crippen LogP) is 5.47. The monoisotopic (exact) mass is 432 g/mol. The first-order valence-corrected chi connectivity index (χ1v) is 9.44. The van der Waals surface area contributed by atoms with E-state index < -0.39 is 23.3 Å². The van der Waals surface area contributed by atoms with E-state index in [1.54, 1.807) is 6.07 Å². The third-order valence-electron chi connectivity index (χ3n) is 4.53. The Hall–Kier alpha value is -2.06. The highest BCUT2D eigenvalue weighted by atomic mass is 35.5. The Kier molecular flexibility index (Phi) is 6.30. The second kappa shape index (κ2) is 8.53. The van der Waals surface area contributed by atoms with Gasteiger partial charge >= 0.3 is 6.18 Å². The highest BCUT2D eigenvalue weighted by Crippen LogP contribution is 2.34. The van der Waals surface area contributed by atoms with Gasteiger partial charge in [-0.05, 0) is 30.9 Å². The average Bonchev–Trinajstić information content (AvgIpc) is 3.15. The van der Waals surface area contributed by atoms with Crippen LogP contribution < -0.4 is 10.6 Å². The number of anilines is 2. The third kappa shape index (κ3) is 4.86. The van der Waals surface area contributed by atoms with Crippen LogP contribution in [0.5, 0.6) is 0 Å². The van der Waals surface area contributed by atoms with Crippen molar-refractivity contribution in [3.63, 3.8) is 0 Å². The Balaban J connectivity index is 1.84. The summed E-state index contributed by atoms with van der Waals surface area (Å²) >= 11 is 12.0. The van der Waals surface area contributed by atoms with Crippen molar-refractivity contribution in [3.8, 4) is 0 Å². The van der Waals surface area contributed by atoms with Gasteiger partial charge < -0.3 is 10.6 Å². The average molecular weight is 433 g/mol. The number of nitrogens with one attached hydrogen (secondary N) is 2. The van der Waals surface area contributed by atoms with Crippen LogP contribution in [-0.2, 0) is 6.18 Å². The highest BCUT2D eigenvalue weighted by Gasteiger charge is 2.38. The number of nitrogens with zero attached hydrogens (tertiary/aromatic N) is 2. The fourth-order valence-corrected chi connectivity index (χ4v) is 3.59. The number of amides is 1. The Morgan fingerprint density at radius 1 is 1.18 bits per heavy atom. The molecule has 0 unspecified atom stereocenters. The third-order valence-corrected chi connectivity index (χ3v) is 5.16. The molecule has 1 saturated carbocycles. The summed E-state index contributed by atoms with van der Waals surface area (Å²) in [5, 5.41) is 5.53. The molecule has 0 spiro atoms. The van der Waals surface area contributed by atoms with Gasteiger partial charge in [-0.1, -0.05) is 42.1 Å². The van der Waals surface area contributed by atoms with E-state index in [1.165, 1.54) is 12.1 Å². The molecule has 1 aromatic heterocycles. The van der Waals surface area contributed by atoms with Crippen LogP contribution in [0, 0.1) is 5.92 Å². The molecule has 0 atom stereocenters. The van der Waals surface area contributed by atoms with Crippen LogP contribution in [-0.4, -0.2) is 22.4 Å². The Labute approximate surface area is 169 Å². The van der Waals surface area contributed by atoms with E-state index in [-0.39, 0.29) is 21.7 Å². The van der Waals surface area contributed by atoms with E-state index in [9.17, 15) is 18.0 Å². The number of alkyl halides is 3. The zero-order valence-electron chi connectivity index (χ0n) is 14.6. The molecule has 1 aliphatic carbocycles. The molecule has 0 radical (unpaired) electrons. The van der Waals surface area contributed by atoms with Crippen LogP contribution in [0.25, 0.3) is 0 Å². The lowest BCUT2D eigenvalue weighted by Gasteiger charge is -2.15. The van der Waals surface area contributed by atoms with E-state index >= 15 is 0 Å². The summed E-state index contributed by atoms with van der Waals surface area (Å²) in [6.07, 6.45) is 0.0934. The molecule has 2 N–H and O–H groups in total. The minimum absolute atomic E-state index is 0.178. The van der Waals surface area contributed by atoms with Crippen molar-refractivity contribution < 1.29 is 18.0 Å². The summed E-state index contributed by atoms with van der Waals surface area (Å²) in [6.45, 7) is 0.339. The molecule has 10 heteroatoms. The fraction of sp³-hybridized carbons (Fsp3) is 0.389. The molecule has 5 nitrogen and oxygen atoms in total. The van der Waals surface area contributed by atoms with Gasteiger partial charge in [0.05, 0.1) is 21.3 Å². The first-order chi connectivity index (χ1) is 13.3. The second-order valence-corrected chi connectivity index (χ2v) is 7.35. The van der Waals surface area contributed by atoms with Crippen molar-refractivity contribution in [2.24, 2.45) is 5.92 Å². The highest BCUT2D eigenvalue weighted by molar-refractivity contribution is 6.39. The summed E-state index contributed by atoms with van der Waals surface area (Å²) < 4.78 is 40.4. The quantitative estimate of drug-likeness (QED) is 0.657. The van der Waals surface area contributed by atoms with Crippen LogP contribution in [0.2, 0.25) is 10.0 Å². The van der Waals surface area contributed by atoms with Gasteiger partial charge in [0.25, 0.3) is 5.91 Å². The molecular formula is C18H17Cl2F3N4O. The van der Waals surface area contributed by atoms with Gasteiger partial charge in [0.15, 0.2) is 5.69 Å². The van der Waals surface area contributed by atoms with Crippen molar-refractivity contribution >= 4 is 40.7 Å². The van der Waals surface area contributed by atoms with Gasteiger partial charge in [-0.15, -0.1) is 0 Å². The fourth-order valence-electron chi connectivity index (χ4n) is 3.10. The predicted molar refractivity (Wildman–Crippen MR) is 101 cm³/mol. The van der Waals surface area contributed by atoms with Crippen LogP contribution in [0.4, 0.5) is 24.8 Å². The lowest BCUT2D eigenvalue weighted by molar-refractivity contribution is -0.141. The summed E-state index contributed by atoms with van der Waals surface area (Å²) in [6, 6.07) is 4.63. The topological polar surface area (TPSA) is 66.9 Å². The Morgan fingerprint density at radius 3 is 2.43 bits per heavy atom. The van der Waals surface area contributed by atoms with Crippen molar-refractivity contribution in [1.82, 2.24) is 15.3 Å². The SMILES string of the molecule is O=C(NCC1CCCC1)c1cnc(Nc2c(Cl)cccc2Cl)nc1C(F)(F)F. The van der Waals surface area contributed by atoms with Crippen LogP contribution >= 0.6 is 23.2 Å². The van der Waals surface area contributed by atoms with E-state index in [4.69, 9.17) is 23.2 Å². The second-order valence-electron chi connectivity index (χ2n) is 6.54. The van der Waals surface area contributed by atoms with Gasteiger partial charge in [-0.3, -0.25) is 4.79 Å². The van der Waals surface area contributed by atoms with Crippen LogP contribution in [0.15, 0.2) is 24.4 Å². The number of carbonyl (C=O) groups excluding carboxylic acids is 1. The lowest BCUT2D eigenvalue weighted by Crippen LogP contribution is -2.31. The molecule has 1 aliphatic rings. The van der Waals surface area contributed by atoms with Crippen molar-refractivity contribution in [1.29, 1.82) is 0 Å². The standard InChI is InChI=1S/C18H17Cl2F3N4O/c19-12-6-3-7-13(20)14(12)26-17-25-9-11(15(27-17)18(21,22)23)16(28)24-8-10-4-1-2-5-10/h3,6-7,9-10H,1-2,4-5,8H2,(H,24,28)(H,25,26,27). The van der Waals surface area contributed by atoms with E-state index in [0.717, 1.165) is 31.9 Å². The molecule has 1 amide bonds. The number of para-hydroxylation sites is 1. The molecule has 2 aromatic rings. The van der Waals surface area contributed by atoms with E-state index in [1.807, 2.05) is 0 Å². The van der Waals surface area contributed by atoms with Gasteiger partial charge in [-0.2, -0.15) is 13.2 Å². The normalized spacial score (nSPS) is 14.9. The maximum atomic E-state index is 13.5. The zero-order valence-corrected chi connectivity index (χ0v) is 16.1. The minimum Gasteiger partial charge on any atom is -0.352 e. The molecule has 0 aliphatic heterocycles. The van der Waals surface area contributed by atoms with Crippen molar-refractivity contribution in [3.05, 3.63) is 45.7 Å².